The molecule has 3 rings (SSSR count). The lowest BCUT2D eigenvalue weighted by molar-refractivity contribution is -0.145. The van der Waals surface area contributed by atoms with Crippen LogP contribution in [-0.4, -0.2) is 11.1 Å². The number of carbonyl (C=O) groups is 1. The van der Waals surface area contributed by atoms with Crippen molar-refractivity contribution in [2.24, 2.45) is 0 Å². The van der Waals surface area contributed by atoms with E-state index in [-0.39, 0.29) is 0 Å². The maximum atomic E-state index is 11.5. The van der Waals surface area contributed by atoms with Crippen LogP contribution in [0.3, 0.4) is 0 Å². The van der Waals surface area contributed by atoms with Crippen LogP contribution in [0.25, 0.3) is 10.8 Å². The first kappa shape index (κ1) is 13.2. The number of carboxylic acid groups (broad SMARTS) is 1. The normalized spacial score (nSPS) is 12.0. The standard InChI is InChI=1S/C18H14O3/c19-18(20)17(21-16-8-2-1-3-9-16)15-11-10-13-6-4-5-7-14(13)12-15/h1-12,17H,(H,19,20). The molecule has 0 aliphatic rings. The topological polar surface area (TPSA) is 46.5 Å². The molecule has 3 aromatic rings. The third-order valence-electron chi connectivity index (χ3n) is 3.30. The van der Waals surface area contributed by atoms with Gasteiger partial charge in [0.2, 0.25) is 6.10 Å². The largest absolute Gasteiger partial charge is 0.478 e. The lowest BCUT2D eigenvalue weighted by Crippen LogP contribution is -2.18. The van der Waals surface area contributed by atoms with E-state index in [2.05, 4.69) is 0 Å². The van der Waals surface area contributed by atoms with E-state index < -0.39 is 12.1 Å². The van der Waals surface area contributed by atoms with E-state index in [9.17, 15) is 9.90 Å². The maximum absolute atomic E-state index is 11.5. The van der Waals surface area contributed by atoms with Crippen molar-refractivity contribution in [2.45, 2.75) is 6.10 Å². The first-order valence-corrected chi connectivity index (χ1v) is 6.67. The SMILES string of the molecule is O=C(O)C(Oc1ccccc1)c1ccc2ccccc2c1. The molecule has 3 heteroatoms. The molecule has 0 aromatic heterocycles. The number of fused-ring (bicyclic) bond motifs is 1. The Labute approximate surface area is 122 Å². The number of aliphatic carboxylic acids is 1. The van der Waals surface area contributed by atoms with E-state index in [1.54, 1.807) is 18.2 Å². The third kappa shape index (κ3) is 2.87. The molecule has 0 amide bonds. The van der Waals surface area contributed by atoms with Crippen molar-refractivity contribution in [1.29, 1.82) is 0 Å². The summed E-state index contributed by atoms with van der Waals surface area (Å²) >= 11 is 0. The lowest BCUT2D eigenvalue weighted by Gasteiger charge is -2.16. The molecule has 0 aliphatic carbocycles. The lowest BCUT2D eigenvalue weighted by atomic mass is 10.0. The van der Waals surface area contributed by atoms with Crippen LogP contribution in [0.5, 0.6) is 5.75 Å². The predicted molar refractivity (Wildman–Crippen MR) is 81.4 cm³/mol. The van der Waals surface area contributed by atoms with Crippen molar-refractivity contribution in [2.75, 3.05) is 0 Å². The Bertz CT molecular complexity index is 766. The summed E-state index contributed by atoms with van der Waals surface area (Å²) in [6.45, 7) is 0. The molecular weight excluding hydrogens is 264 g/mol. The first-order valence-electron chi connectivity index (χ1n) is 6.67. The van der Waals surface area contributed by atoms with Gasteiger partial charge in [-0.2, -0.15) is 0 Å². The van der Waals surface area contributed by atoms with Gasteiger partial charge in [-0.25, -0.2) is 4.79 Å². The zero-order chi connectivity index (χ0) is 14.7. The molecule has 0 fully saturated rings. The first-order chi connectivity index (χ1) is 10.2. The van der Waals surface area contributed by atoms with Crippen molar-refractivity contribution in [3.8, 4) is 5.75 Å². The van der Waals surface area contributed by atoms with Crippen molar-refractivity contribution >= 4 is 16.7 Å². The number of hydrogen-bond acceptors (Lipinski definition) is 2. The van der Waals surface area contributed by atoms with Gasteiger partial charge in [-0.3, -0.25) is 0 Å². The van der Waals surface area contributed by atoms with E-state index in [4.69, 9.17) is 4.74 Å². The summed E-state index contributed by atoms with van der Waals surface area (Å²) in [6.07, 6.45) is -1.02. The van der Waals surface area contributed by atoms with Crippen LogP contribution in [0.4, 0.5) is 0 Å². The minimum Gasteiger partial charge on any atom is -0.478 e. The van der Waals surface area contributed by atoms with Gasteiger partial charge in [0.1, 0.15) is 5.75 Å². The molecule has 0 bridgehead atoms. The van der Waals surface area contributed by atoms with Crippen molar-refractivity contribution in [3.63, 3.8) is 0 Å². The van der Waals surface area contributed by atoms with Crippen LogP contribution in [0, 0.1) is 0 Å². The Hall–Kier alpha value is -2.81. The molecule has 3 aromatic carbocycles. The molecule has 21 heavy (non-hydrogen) atoms. The van der Waals surface area contributed by atoms with Gasteiger partial charge < -0.3 is 9.84 Å². The van der Waals surface area contributed by atoms with Gasteiger partial charge in [-0.05, 0) is 29.0 Å². The Morgan fingerprint density at radius 3 is 2.24 bits per heavy atom. The molecule has 1 N–H and O–H groups in total. The smallest absolute Gasteiger partial charge is 0.349 e. The van der Waals surface area contributed by atoms with Crippen LogP contribution in [0.1, 0.15) is 11.7 Å². The fraction of sp³-hybridized carbons (Fsp3) is 0.0556. The van der Waals surface area contributed by atoms with E-state index in [0.29, 0.717) is 11.3 Å². The zero-order valence-corrected chi connectivity index (χ0v) is 11.3. The molecule has 0 spiro atoms. The van der Waals surface area contributed by atoms with Gasteiger partial charge in [-0.15, -0.1) is 0 Å². The third-order valence-corrected chi connectivity index (χ3v) is 3.30. The van der Waals surface area contributed by atoms with E-state index in [1.165, 1.54) is 0 Å². The average molecular weight is 278 g/mol. The van der Waals surface area contributed by atoms with Crippen molar-refractivity contribution in [1.82, 2.24) is 0 Å². The minimum absolute atomic E-state index is 0.540. The Morgan fingerprint density at radius 1 is 0.857 bits per heavy atom. The quantitative estimate of drug-likeness (QED) is 0.783. The number of para-hydroxylation sites is 1. The molecule has 1 atom stereocenters. The second-order valence-electron chi connectivity index (χ2n) is 4.76. The molecular formula is C18H14O3. The maximum Gasteiger partial charge on any atom is 0.349 e. The van der Waals surface area contributed by atoms with Crippen LogP contribution in [-0.2, 0) is 4.79 Å². The number of carboxylic acids is 1. The second-order valence-corrected chi connectivity index (χ2v) is 4.76. The van der Waals surface area contributed by atoms with Gasteiger partial charge in [0.25, 0.3) is 0 Å². The highest BCUT2D eigenvalue weighted by molar-refractivity contribution is 5.85. The molecule has 0 aliphatic heterocycles. The van der Waals surface area contributed by atoms with E-state index >= 15 is 0 Å². The van der Waals surface area contributed by atoms with Gasteiger partial charge in [0.15, 0.2) is 0 Å². The summed E-state index contributed by atoms with van der Waals surface area (Å²) in [5.41, 5.74) is 0.630. The fourth-order valence-electron chi connectivity index (χ4n) is 2.27. The van der Waals surface area contributed by atoms with Crippen LogP contribution >= 0.6 is 0 Å². The Balaban J connectivity index is 1.97. The van der Waals surface area contributed by atoms with Crippen molar-refractivity contribution < 1.29 is 14.6 Å². The van der Waals surface area contributed by atoms with Crippen LogP contribution in [0.15, 0.2) is 72.8 Å². The van der Waals surface area contributed by atoms with Gasteiger partial charge >= 0.3 is 5.97 Å². The number of hydrogen-bond donors (Lipinski definition) is 1. The highest BCUT2D eigenvalue weighted by Crippen LogP contribution is 2.25. The number of benzene rings is 3. The summed E-state index contributed by atoms with van der Waals surface area (Å²) < 4.78 is 5.61. The minimum atomic E-state index is -1.02. The van der Waals surface area contributed by atoms with Crippen molar-refractivity contribution in [3.05, 3.63) is 78.4 Å². The van der Waals surface area contributed by atoms with Gasteiger partial charge in [-0.1, -0.05) is 54.6 Å². The van der Waals surface area contributed by atoms with Gasteiger partial charge in [0.05, 0.1) is 0 Å². The van der Waals surface area contributed by atoms with E-state index in [1.807, 2.05) is 54.6 Å². The van der Waals surface area contributed by atoms with Crippen LogP contribution in [0.2, 0.25) is 0 Å². The average Bonchev–Trinajstić information content (AvgIpc) is 2.53. The number of rotatable bonds is 4. The summed E-state index contributed by atoms with van der Waals surface area (Å²) in [7, 11) is 0. The highest BCUT2D eigenvalue weighted by atomic mass is 16.5. The molecule has 0 saturated heterocycles. The molecule has 0 heterocycles. The second kappa shape index (κ2) is 5.67. The predicted octanol–water partition coefficient (Wildman–Crippen LogP) is 4.04. The molecule has 104 valence electrons. The molecule has 3 nitrogen and oxygen atoms in total. The van der Waals surface area contributed by atoms with Gasteiger partial charge in [0, 0.05) is 5.56 Å². The fourth-order valence-corrected chi connectivity index (χ4v) is 2.27. The summed E-state index contributed by atoms with van der Waals surface area (Å²) in [4.78, 5) is 11.5. The summed E-state index contributed by atoms with van der Waals surface area (Å²) in [5, 5.41) is 11.5. The monoisotopic (exact) mass is 278 g/mol. The number of ether oxygens (including phenoxy) is 1. The summed E-state index contributed by atoms with van der Waals surface area (Å²) in [6, 6.07) is 22.4. The molecule has 0 radical (unpaired) electrons. The molecule has 1 unspecified atom stereocenters. The van der Waals surface area contributed by atoms with E-state index in [0.717, 1.165) is 10.8 Å². The Kier molecular flexibility index (Phi) is 3.56. The summed E-state index contributed by atoms with van der Waals surface area (Å²) in [5.74, 6) is -0.466. The molecule has 0 saturated carbocycles. The highest BCUT2D eigenvalue weighted by Gasteiger charge is 2.22. The zero-order valence-electron chi connectivity index (χ0n) is 11.3. The Morgan fingerprint density at radius 2 is 1.52 bits per heavy atom. The van der Waals surface area contributed by atoms with Crippen LogP contribution < -0.4 is 4.74 Å².